The van der Waals surface area contributed by atoms with Gasteiger partial charge in [0.2, 0.25) is 0 Å². The molecule has 0 bridgehead atoms. The molecule has 1 saturated heterocycles. The van der Waals surface area contributed by atoms with E-state index in [0.29, 0.717) is 5.75 Å². The monoisotopic (exact) mass is 390 g/mol. The first-order valence-electron chi connectivity index (χ1n) is 9.66. The third-order valence-corrected chi connectivity index (χ3v) is 5.30. The molecule has 0 radical (unpaired) electrons. The molecule has 1 aliphatic rings. The predicted molar refractivity (Wildman–Crippen MR) is 112 cm³/mol. The van der Waals surface area contributed by atoms with Crippen molar-refractivity contribution < 1.29 is 4.74 Å². The van der Waals surface area contributed by atoms with Crippen molar-refractivity contribution in [1.29, 1.82) is 0 Å². The summed E-state index contributed by atoms with van der Waals surface area (Å²) >= 11 is 0. The lowest BCUT2D eigenvalue weighted by Gasteiger charge is -2.31. The van der Waals surface area contributed by atoms with Gasteiger partial charge in [0.25, 0.3) is 0 Å². The SMILES string of the molecule is CNc1cccc2c1[nH]c1nc(Oc3cncnc3)nc(N3CCC(N)CC3)c12. The summed E-state index contributed by atoms with van der Waals surface area (Å²) in [6.07, 6.45) is 6.49. The number of aromatic nitrogens is 5. The molecule has 4 aromatic rings. The van der Waals surface area contributed by atoms with Gasteiger partial charge >= 0.3 is 6.01 Å². The van der Waals surface area contributed by atoms with Gasteiger partial charge in [-0.25, -0.2) is 9.97 Å². The molecule has 9 nitrogen and oxygen atoms in total. The molecule has 0 saturated carbocycles. The van der Waals surface area contributed by atoms with Crippen molar-refractivity contribution in [3.05, 3.63) is 36.9 Å². The van der Waals surface area contributed by atoms with E-state index in [1.165, 1.54) is 6.33 Å². The number of ether oxygens (including phenoxy) is 1. The molecule has 9 heteroatoms. The maximum Gasteiger partial charge on any atom is 0.326 e. The normalized spacial score (nSPS) is 15.2. The quantitative estimate of drug-likeness (QED) is 0.487. The van der Waals surface area contributed by atoms with E-state index in [1.54, 1.807) is 12.4 Å². The third kappa shape index (κ3) is 3.19. The van der Waals surface area contributed by atoms with Gasteiger partial charge in [-0.1, -0.05) is 12.1 Å². The Morgan fingerprint density at radius 3 is 2.72 bits per heavy atom. The molecule has 0 atom stereocenters. The lowest BCUT2D eigenvalue weighted by molar-refractivity contribution is 0.437. The smallest absolute Gasteiger partial charge is 0.326 e. The Labute approximate surface area is 167 Å². The van der Waals surface area contributed by atoms with Crippen LogP contribution in [-0.2, 0) is 0 Å². The maximum atomic E-state index is 6.12. The van der Waals surface area contributed by atoms with Crippen molar-refractivity contribution in [2.75, 3.05) is 30.4 Å². The molecule has 1 fully saturated rings. The fraction of sp³-hybridized carbons (Fsp3) is 0.300. The minimum atomic E-state index is 0.236. The van der Waals surface area contributed by atoms with Crippen LogP contribution in [-0.4, -0.2) is 51.1 Å². The van der Waals surface area contributed by atoms with Crippen LogP contribution < -0.4 is 20.7 Å². The largest absolute Gasteiger partial charge is 0.421 e. The lowest BCUT2D eigenvalue weighted by atomic mass is 10.1. The van der Waals surface area contributed by atoms with Crippen LogP contribution in [0.5, 0.6) is 11.8 Å². The van der Waals surface area contributed by atoms with Crippen LogP contribution in [0.3, 0.4) is 0 Å². The first-order chi connectivity index (χ1) is 14.2. The van der Waals surface area contributed by atoms with E-state index in [2.05, 4.69) is 36.2 Å². The van der Waals surface area contributed by atoms with Crippen LogP contribution in [0.2, 0.25) is 0 Å². The second kappa shape index (κ2) is 7.17. The zero-order chi connectivity index (χ0) is 19.8. The molecule has 0 spiro atoms. The van der Waals surface area contributed by atoms with Crippen molar-refractivity contribution in [1.82, 2.24) is 24.9 Å². The summed E-state index contributed by atoms with van der Waals surface area (Å²) in [6.45, 7) is 1.69. The van der Waals surface area contributed by atoms with Gasteiger partial charge in [0.05, 0.1) is 29.0 Å². The number of fused-ring (bicyclic) bond motifs is 3. The van der Waals surface area contributed by atoms with Gasteiger partial charge in [0.15, 0.2) is 5.75 Å². The molecule has 148 valence electrons. The number of para-hydroxylation sites is 1. The van der Waals surface area contributed by atoms with E-state index in [1.807, 2.05) is 19.2 Å². The van der Waals surface area contributed by atoms with Crippen molar-refractivity contribution in [2.24, 2.45) is 5.73 Å². The number of nitrogens with zero attached hydrogens (tertiary/aromatic N) is 5. The van der Waals surface area contributed by atoms with E-state index in [-0.39, 0.29) is 12.1 Å². The Kier molecular flexibility index (Phi) is 4.36. The van der Waals surface area contributed by atoms with Crippen LogP contribution in [0, 0.1) is 0 Å². The number of anilines is 2. The van der Waals surface area contributed by atoms with Gasteiger partial charge in [-0.3, -0.25) is 0 Å². The molecular weight excluding hydrogens is 368 g/mol. The summed E-state index contributed by atoms with van der Waals surface area (Å²) in [5.41, 5.74) is 8.85. The number of piperidine rings is 1. The van der Waals surface area contributed by atoms with Crippen molar-refractivity contribution in [3.63, 3.8) is 0 Å². The molecule has 0 amide bonds. The summed E-state index contributed by atoms with van der Waals surface area (Å²) in [5.74, 6) is 1.35. The third-order valence-electron chi connectivity index (χ3n) is 5.30. The number of nitrogens with two attached hydrogens (primary N) is 1. The Morgan fingerprint density at radius 1 is 1.17 bits per heavy atom. The van der Waals surface area contributed by atoms with Crippen LogP contribution in [0.4, 0.5) is 11.5 Å². The molecular formula is C20H22N8O. The Balaban J connectivity index is 1.69. The number of nitrogens with one attached hydrogen (secondary N) is 2. The van der Waals surface area contributed by atoms with Crippen LogP contribution in [0.1, 0.15) is 12.8 Å². The van der Waals surface area contributed by atoms with Gasteiger partial charge in [0, 0.05) is 31.6 Å². The van der Waals surface area contributed by atoms with E-state index >= 15 is 0 Å². The zero-order valence-electron chi connectivity index (χ0n) is 16.1. The molecule has 3 aromatic heterocycles. The fourth-order valence-electron chi connectivity index (χ4n) is 3.82. The van der Waals surface area contributed by atoms with Crippen LogP contribution in [0.15, 0.2) is 36.9 Å². The highest BCUT2D eigenvalue weighted by molar-refractivity contribution is 6.14. The lowest BCUT2D eigenvalue weighted by Crippen LogP contribution is -2.40. The van der Waals surface area contributed by atoms with Gasteiger partial charge < -0.3 is 25.7 Å². The second-order valence-electron chi connectivity index (χ2n) is 7.16. The van der Waals surface area contributed by atoms with Crippen LogP contribution >= 0.6 is 0 Å². The number of hydrogen-bond donors (Lipinski definition) is 3. The average Bonchev–Trinajstić information content (AvgIpc) is 3.13. The Bertz CT molecular complexity index is 1150. The van der Waals surface area contributed by atoms with Crippen LogP contribution in [0.25, 0.3) is 21.9 Å². The molecule has 4 N–H and O–H groups in total. The first-order valence-corrected chi connectivity index (χ1v) is 9.66. The van der Waals surface area contributed by atoms with Gasteiger partial charge in [-0.05, 0) is 18.9 Å². The second-order valence-corrected chi connectivity index (χ2v) is 7.16. The molecule has 4 heterocycles. The molecule has 5 rings (SSSR count). The predicted octanol–water partition coefficient (Wildman–Crippen LogP) is 2.66. The minimum absolute atomic E-state index is 0.236. The summed E-state index contributed by atoms with van der Waals surface area (Å²) < 4.78 is 5.86. The van der Waals surface area contributed by atoms with E-state index in [4.69, 9.17) is 15.5 Å². The molecule has 0 unspecified atom stereocenters. The van der Waals surface area contributed by atoms with Gasteiger partial charge in [-0.2, -0.15) is 9.97 Å². The number of hydrogen-bond acceptors (Lipinski definition) is 8. The highest BCUT2D eigenvalue weighted by Crippen LogP contribution is 2.37. The molecule has 29 heavy (non-hydrogen) atoms. The number of H-pyrrole nitrogens is 1. The Hall–Kier alpha value is -3.46. The zero-order valence-corrected chi connectivity index (χ0v) is 16.1. The summed E-state index contributed by atoms with van der Waals surface area (Å²) in [4.78, 5) is 23.1. The molecule has 0 aliphatic carbocycles. The van der Waals surface area contributed by atoms with Crippen molar-refractivity contribution in [3.8, 4) is 11.8 Å². The highest BCUT2D eigenvalue weighted by atomic mass is 16.5. The topological polar surface area (TPSA) is 118 Å². The van der Waals surface area contributed by atoms with Crippen molar-refractivity contribution >= 4 is 33.4 Å². The van der Waals surface area contributed by atoms with Crippen molar-refractivity contribution in [2.45, 2.75) is 18.9 Å². The first kappa shape index (κ1) is 17.6. The summed E-state index contributed by atoms with van der Waals surface area (Å²) in [6, 6.07) is 6.64. The summed E-state index contributed by atoms with van der Waals surface area (Å²) in [7, 11) is 1.91. The summed E-state index contributed by atoms with van der Waals surface area (Å²) in [5, 5.41) is 5.30. The van der Waals surface area contributed by atoms with E-state index in [0.717, 1.165) is 59.4 Å². The molecule has 1 aromatic carbocycles. The number of rotatable bonds is 4. The van der Waals surface area contributed by atoms with E-state index < -0.39 is 0 Å². The fourth-order valence-corrected chi connectivity index (χ4v) is 3.82. The van der Waals surface area contributed by atoms with E-state index in [9.17, 15) is 0 Å². The molecule has 1 aliphatic heterocycles. The highest BCUT2D eigenvalue weighted by Gasteiger charge is 2.24. The average molecular weight is 390 g/mol. The maximum absolute atomic E-state index is 6.12. The van der Waals surface area contributed by atoms with Gasteiger partial charge in [0.1, 0.15) is 17.8 Å². The Morgan fingerprint density at radius 2 is 1.97 bits per heavy atom. The standard InChI is InChI=1S/C20H22N8O/c1-22-15-4-2-3-14-16-18(25-17(14)15)26-20(29-13-9-23-11-24-10-13)27-19(16)28-7-5-12(21)6-8-28/h2-4,9-12,22H,5-8,21H2,1H3,(H,25,26,27). The van der Waals surface area contributed by atoms with Gasteiger partial charge in [-0.15, -0.1) is 0 Å². The number of aromatic amines is 1. The number of benzene rings is 1. The minimum Gasteiger partial charge on any atom is -0.421 e.